The Balaban J connectivity index is 1.46. The first kappa shape index (κ1) is 17.8. The minimum absolute atomic E-state index is 0.0483. The molecule has 3 rings (SSSR count). The van der Waals surface area contributed by atoms with Gasteiger partial charge in [-0.1, -0.05) is 12.1 Å². The number of carbonyl (C=O) groups excluding carboxylic acids is 2. The standard InChI is InChI=1S/C19H23N5O2/c25-17(8-11-22-19-20-9-4-10-21-19)23-14-15-5-3-6-16(13-15)24-12-2-1-7-18(24)26/h3-6,9-10,13H,1-2,7-8,11-12,14H2,(H,23,25)(H,20,21,22). The number of benzene rings is 1. The maximum atomic E-state index is 12.0. The van der Waals surface area contributed by atoms with E-state index in [1.807, 2.05) is 29.2 Å². The van der Waals surface area contributed by atoms with Crippen LogP contribution in [0.15, 0.2) is 42.7 Å². The van der Waals surface area contributed by atoms with Crippen LogP contribution in [-0.4, -0.2) is 34.9 Å². The number of piperidine rings is 1. The van der Waals surface area contributed by atoms with Gasteiger partial charge < -0.3 is 15.5 Å². The molecule has 1 aliphatic rings. The molecule has 0 bridgehead atoms. The fraction of sp³-hybridized carbons (Fsp3) is 0.368. The van der Waals surface area contributed by atoms with Crippen LogP contribution in [-0.2, 0) is 16.1 Å². The van der Waals surface area contributed by atoms with Crippen LogP contribution >= 0.6 is 0 Å². The minimum Gasteiger partial charge on any atom is -0.354 e. The highest BCUT2D eigenvalue weighted by Crippen LogP contribution is 2.21. The average Bonchev–Trinajstić information content (AvgIpc) is 2.68. The molecule has 2 amide bonds. The van der Waals surface area contributed by atoms with Crippen LogP contribution in [0.5, 0.6) is 0 Å². The Morgan fingerprint density at radius 1 is 1.15 bits per heavy atom. The summed E-state index contributed by atoms with van der Waals surface area (Å²) in [5.41, 5.74) is 1.89. The summed E-state index contributed by atoms with van der Waals surface area (Å²) in [5, 5.41) is 5.91. The normalized spacial score (nSPS) is 14.2. The van der Waals surface area contributed by atoms with Gasteiger partial charge >= 0.3 is 0 Å². The monoisotopic (exact) mass is 353 g/mol. The number of amides is 2. The number of nitrogens with zero attached hydrogens (tertiary/aromatic N) is 3. The summed E-state index contributed by atoms with van der Waals surface area (Å²) >= 11 is 0. The van der Waals surface area contributed by atoms with Crippen LogP contribution in [0.3, 0.4) is 0 Å². The lowest BCUT2D eigenvalue weighted by atomic mass is 10.1. The maximum absolute atomic E-state index is 12.0. The molecule has 0 aliphatic carbocycles. The number of nitrogens with one attached hydrogen (secondary N) is 2. The summed E-state index contributed by atoms with van der Waals surface area (Å²) in [4.78, 5) is 34.0. The van der Waals surface area contributed by atoms with Crippen molar-refractivity contribution in [1.29, 1.82) is 0 Å². The first-order valence-electron chi connectivity index (χ1n) is 8.89. The van der Waals surface area contributed by atoms with Crippen molar-refractivity contribution in [2.24, 2.45) is 0 Å². The number of hydrogen-bond acceptors (Lipinski definition) is 5. The minimum atomic E-state index is -0.0483. The molecule has 0 atom stereocenters. The molecule has 0 unspecified atom stereocenters. The molecule has 2 aromatic rings. The Hall–Kier alpha value is -2.96. The van der Waals surface area contributed by atoms with Gasteiger partial charge in [0.1, 0.15) is 0 Å². The van der Waals surface area contributed by atoms with E-state index in [1.165, 1.54) is 0 Å². The quantitative estimate of drug-likeness (QED) is 0.796. The summed E-state index contributed by atoms with van der Waals surface area (Å²) in [6.07, 6.45) is 6.24. The van der Waals surface area contributed by atoms with Crippen LogP contribution in [0.25, 0.3) is 0 Å². The largest absolute Gasteiger partial charge is 0.354 e. The molecular formula is C19H23N5O2. The molecule has 1 aromatic carbocycles. The zero-order valence-corrected chi connectivity index (χ0v) is 14.6. The predicted octanol–water partition coefficient (Wildman–Crippen LogP) is 2.11. The first-order chi connectivity index (χ1) is 12.7. The molecule has 26 heavy (non-hydrogen) atoms. The third-order valence-corrected chi connectivity index (χ3v) is 4.24. The number of carbonyl (C=O) groups is 2. The molecule has 136 valence electrons. The van der Waals surface area contributed by atoms with Crippen molar-refractivity contribution in [2.75, 3.05) is 23.3 Å². The van der Waals surface area contributed by atoms with Crippen molar-refractivity contribution in [1.82, 2.24) is 15.3 Å². The SMILES string of the molecule is O=C(CCNc1ncccn1)NCc1cccc(N2CCCCC2=O)c1. The van der Waals surface area contributed by atoms with Gasteiger partial charge in [-0.3, -0.25) is 9.59 Å². The lowest BCUT2D eigenvalue weighted by Crippen LogP contribution is -2.35. The summed E-state index contributed by atoms with van der Waals surface area (Å²) in [6, 6.07) is 9.53. The third-order valence-electron chi connectivity index (χ3n) is 4.24. The number of aromatic nitrogens is 2. The van der Waals surface area contributed by atoms with Crippen LogP contribution in [0.2, 0.25) is 0 Å². The van der Waals surface area contributed by atoms with Gasteiger partial charge in [-0.25, -0.2) is 9.97 Å². The Labute approximate surface area is 152 Å². The molecule has 1 saturated heterocycles. The fourth-order valence-electron chi connectivity index (χ4n) is 2.88. The molecule has 2 N–H and O–H groups in total. The van der Waals surface area contributed by atoms with Crippen molar-refractivity contribution in [3.8, 4) is 0 Å². The van der Waals surface area contributed by atoms with E-state index in [0.717, 1.165) is 30.6 Å². The topological polar surface area (TPSA) is 87.2 Å². The highest BCUT2D eigenvalue weighted by Gasteiger charge is 2.19. The Kier molecular flexibility index (Phi) is 6.14. The first-order valence-corrected chi connectivity index (χ1v) is 8.89. The molecule has 1 fully saturated rings. The molecule has 0 radical (unpaired) electrons. The van der Waals surface area contributed by atoms with E-state index in [-0.39, 0.29) is 11.8 Å². The van der Waals surface area contributed by atoms with E-state index in [0.29, 0.717) is 31.9 Å². The lowest BCUT2D eigenvalue weighted by molar-refractivity contribution is -0.121. The lowest BCUT2D eigenvalue weighted by Gasteiger charge is -2.27. The highest BCUT2D eigenvalue weighted by atomic mass is 16.2. The van der Waals surface area contributed by atoms with Crippen LogP contribution in [0.4, 0.5) is 11.6 Å². The molecule has 1 aromatic heterocycles. The number of hydrogen-bond donors (Lipinski definition) is 2. The van der Waals surface area contributed by atoms with Crippen LogP contribution in [0.1, 0.15) is 31.2 Å². The van der Waals surface area contributed by atoms with Crippen molar-refractivity contribution >= 4 is 23.5 Å². The van der Waals surface area contributed by atoms with Gasteiger partial charge in [-0.05, 0) is 36.6 Å². The Morgan fingerprint density at radius 2 is 2.00 bits per heavy atom. The third kappa shape index (κ3) is 5.02. The van der Waals surface area contributed by atoms with Gasteiger partial charge in [-0.15, -0.1) is 0 Å². The molecule has 0 saturated carbocycles. The highest BCUT2D eigenvalue weighted by molar-refractivity contribution is 5.94. The Morgan fingerprint density at radius 3 is 2.81 bits per heavy atom. The molecular weight excluding hydrogens is 330 g/mol. The maximum Gasteiger partial charge on any atom is 0.226 e. The van der Waals surface area contributed by atoms with Gasteiger partial charge in [0.25, 0.3) is 0 Å². The van der Waals surface area contributed by atoms with Crippen LogP contribution in [0, 0.1) is 0 Å². The zero-order valence-electron chi connectivity index (χ0n) is 14.6. The summed E-state index contributed by atoms with van der Waals surface area (Å²) in [6.45, 7) is 1.68. The van der Waals surface area contributed by atoms with Gasteiger partial charge in [0.05, 0.1) is 0 Å². The second-order valence-corrected chi connectivity index (χ2v) is 6.20. The van der Waals surface area contributed by atoms with Gasteiger partial charge in [0.2, 0.25) is 17.8 Å². The van der Waals surface area contributed by atoms with Crippen molar-refractivity contribution in [2.45, 2.75) is 32.2 Å². The molecule has 1 aliphatic heterocycles. The van der Waals surface area contributed by atoms with E-state index < -0.39 is 0 Å². The van der Waals surface area contributed by atoms with Crippen molar-refractivity contribution in [3.05, 3.63) is 48.3 Å². The smallest absolute Gasteiger partial charge is 0.226 e. The van der Waals surface area contributed by atoms with E-state index >= 15 is 0 Å². The molecule has 2 heterocycles. The van der Waals surface area contributed by atoms with Gasteiger partial charge in [0, 0.05) is 50.6 Å². The predicted molar refractivity (Wildman–Crippen MR) is 99.6 cm³/mol. The summed E-state index contributed by atoms with van der Waals surface area (Å²) in [7, 11) is 0. The zero-order chi connectivity index (χ0) is 18.2. The molecule has 7 heteroatoms. The Bertz CT molecular complexity index is 751. The molecule has 7 nitrogen and oxygen atoms in total. The van der Waals surface area contributed by atoms with E-state index in [1.54, 1.807) is 18.5 Å². The van der Waals surface area contributed by atoms with Crippen LogP contribution < -0.4 is 15.5 Å². The summed E-state index contributed by atoms with van der Waals surface area (Å²) < 4.78 is 0. The van der Waals surface area contributed by atoms with E-state index in [2.05, 4.69) is 20.6 Å². The number of rotatable bonds is 7. The van der Waals surface area contributed by atoms with Crippen molar-refractivity contribution in [3.63, 3.8) is 0 Å². The second-order valence-electron chi connectivity index (χ2n) is 6.20. The second kappa shape index (κ2) is 8.94. The van der Waals surface area contributed by atoms with Gasteiger partial charge in [0.15, 0.2) is 0 Å². The van der Waals surface area contributed by atoms with Gasteiger partial charge in [-0.2, -0.15) is 0 Å². The van der Waals surface area contributed by atoms with Crippen molar-refractivity contribution < 1.29 is 9.59 Å². The average molecular weight is 353 g/mol. The van der Waals surface area contributed by atoms with E-state index in [9.17, 15) is 9.59 Å². The van der Waals surface area contributed by atoms with E-state index in [4.69, 9.17) is 0 Å². The number of anilines is 2. The fourth-order valence-corrected chi connectivity index (χ4v) is 2.88. The molecule has 0 spiro atoms. The summed E-state index contributed by atoms with van der Waals surface area (Å²) in [5.74, 6) is 0.638.